The fourth-order valence-electron chi connectivity index (χ4n) is 3.33. The van der Waals surface area contributed by atoms with Gasteiger partial charge in [0.15, 0.2) is 33.0 Å². The molecular weight excluding hydrogens is 830 g/mol. The first-order chi connectivity index (χ1) is 21.3. The molecule has 296 valence electrons. The fourth-order valence-corrected chi connectivity index (χ4v) is 9.19. The zero-order chi connectivity index (χ0) is 40.1. The third-order valence-corrected chi connectivity index (χ3v) is 12.0. The van der Waals surface area contributed by atoms with Crippen molar-refractivity contribution in [3.63, 3.8) is 0 Å². The number of alkyl halides is 26. The fraction of sp³-hybridized carbons (Fsp3) is 1.00. The van der Waals surface area contributed by atoms with Gasteiger partial charge in [0.1, 0.15) is 0 Å². The number of halogens is 27. The van der Waals surface area contributed by atoms with Gasteiger partial charge in [-0.3, -0.25) is 0 Å². The molecule has 0 saturated heterocycles. The van der Waals surface area contributed by atoms with Crippen molar-refractivity contribution in [2.45, 2.75) is 110 Å². The highest BCUT2D eigenvalue weighted by atomic mass is 35.6. The Hall–Kier alpha value is -1.14. The second kappa shape index (κ2) is 14.7. The lowest BCUT2D eigenvalue weighted by Crippen LogP contribution is -2.76. The van der Waals surface area contributed by atoms with Gasteiger partial charge in [-0.1, -0.05) is 0 Å². The van der Waals surface area contributed by atoms with Crippen molar-refractivity contribution in [1.29, 1.82) is 0 Å². The van der Waals surface area contributed by atoms with Crippen LogP contribution in [0.4, 0.5) is 114 Å². The third-order valence-electron chi connectivity index (χ3n) is 6.31. The quantitative estimate of drug-likeness (QED) is 0.0716. The minimum absolute atomic E-state index is 0.685. The minimum atomic E-state index is -8.47. The Kier molecular flexibility index (Phi) is 14.4. The first-order valence-electron chi connectivity index (χ1n) is 12.0. The maximum absolute atomic E-state index is 15.0. The van der Waals surface area contributed by atoms with Crippen molar-refractivity contribution in [3.05, 3.63) is 0 Å². The molecule has 49 heavy (non-hydrogen) atoms. The summed E-state index contributed by atoms with van der Waals surface area (Å²) in [6.45, 7) is 1.37. The van der Waals surface area contributed by atoms with E-state index >= 15 is 8.78 Å². The van der Waals surface area contributed by atoms with Crippen LogP contribution in [0.5, 0.6) is 0 Å². The third kappa shape index (κ3) is 7.67. The van der Waals surface area contributed by atoms with Gasteiger partial charge in [-0.05, 0) is 13.1 Å². The molecule has 0 saturated carbocycles. The maximum atomic E-state index is 15.0. The summed E-state index contributed by atoms with van der Waals surface area (Å²) < 4.78 is 362. The van der Waals surface area contributed by atoms with Crippen molar-refractivity contribution < 1.29 is 119 Å². The summed E-state index contributed by atoms with van der Waals surface area (Å²) in [4.78, 5) is 0. The van der Waals surface area contributed by atoms with Crippen LogP contribution < -0.4 is 0 Å². The zero-order valence-electron chi connectivity index (χ0n) is 23.0. The molecule has 1 nitrogen and oxygen atoms in total. The van der Waals surface area contributed by atoms with Crippen LogP contribution in [-0.4, -0.2) is 119 Å². The number of hydrogen-bond acceptors (Lipinski definition) is 1. The maximum Gasteiger partial charge on any atom is 0.381 e. The normalized spacial score (nSPS) is 20.3. The van der Waals surface area contributed by atoms with Gasteiger partial charge in [0.25, 0.3) is 20.2 Å². The van der Waals surface area contributed by atoms with E-state index in [1.165, 1.54) is 0 Å². The van der Waals surface area contributed by atoms with Crippen molar-refractivity contribution in [2.24, 2.45) is 0 Å². The molecule has 30 heteroatoms. The Morgan fingerprint density at radius 1 is 0.469 bits per heavy atom. The molecule has 0 aromatic heterocycles. The van der Waals surface area contributed by atoms with E-state index in [0.717, 1.165) is 0 Å². The number of hydrogen-bond donors (Lipinski definition) is 0. The average Bonchev–Trinajstić information content (AvgIpc) is 2.96. The predicted molar refractivity (Wildman–Crippen MR) is 117 cm³/mol. The standard InChI is InChI=1S/C19H17ClF26OSi2/c1-48(2)47-3-49(20,10(29)14(35,36)18(43,44)16(39,40)12(31,32)6(23)4(21)8(25)26)11(30)15(37,38)19(45,46)17(41,42)13(33,34)7(24)5(22)9(27)28/h4-11,48H,3H2,1-2H3. The molecule has 0 fully saturated rings. The monoisotopic (exact) mass is 846 g/mol. The van der Waals surface area contributed by atoms with Gasteiger partial charge in [0.05, 0.1) is 0 Å². The highest BCUT2D eigenvalue weighted by Gasteiger charge is 2.90. The van der Waals surface area contributed by atoms with E-state index in [0.29, 0.717) is 13.1 Å². The Balaban J connectivity index is 7.44. The highest BCUT2D eigenvalue weighted by molar-refractivity contribution is 7.22. The molecule has 0 aliphatic carbocycles. The molecule has 0 spiro atoms. The van der Waals surface area contributed by atoms with Crippen LogP contribution in [0.25, 0.3) is 0 Å². The van der Waals surface area contributed by atoms with E-state index in [-0.39, 0.29) is 0 Å². The average molecular weight is 847 g/mol. The van der Waals surface area contributed by atoms with Crippen molar-refractivity contribution in [1.82, 2.24) is 0 Å². The van der Waals surface area contributed by atoms with E-state index < -0.39 is 119 Å². The molecule has 6 unspecified atom stereocenters. The second-order valence-electron chi connectivity index (χ2n) is 10.2. The summed E-state index contributed by atoms with van der Waals surface area (Å²) in [6.07, 6.45) is -35.4. The molecule has 0 N–H and O–H groups in total. The van der Waals surface area contributed by atoms with E-state index in [9.17, 15) is 105 Å². The number of rotatable bonds is 19. The Morgan fingerprint density at radius 3 is 0.898 bits per heavy atom. The summed E-state index contributed by atoms with van der Waals surface area (Å²) >= 11 is 4.83. The van der Waals surface area contributed by atoms with E-state index in [4.69, 9.17) is 11.1 Å². The molecule has 0 radical (unpaired) electrons. The molecular formula is C19H17ClF26OSi2. The summed E-state index contributed by atoms with van der Waals surface area (Å²) in [5.41, 5.74) is 0. The zero-order valence-corrected chi connectivity index (χ0v) is 25.9. The Morgan fingerprint density at radius 2 is 0.694 bits per heavy atom. The van der Waals surface area contributed by atoms with Crippen molar-refractivity contribution in [2.75, 3.05) is 6.23 Å². The van der Waals surface area contributed by atoms with Gasteiger partial charge in [-0.15, -0.1) is 0 Å². The van der Waals surface area contributed by atoms with Gasteiger partial charge < -0.3 is 4.43 Å². The van der Waals surface area contributed by atoms with Crippen molar-refractivity contribution in [3.8, 4) is 0 Å². The summed E-state index contributed by atoms with van der Waals surface area (Å²) in [7, 11) is -11.5. The van der Waals surface area contributed by atoms with Gasteiger partial charge in [-0.25, -0.2) is 43.9 Å². The van der Waals surface area contributed by atoms with Gasteiger partial charge >= 0.3 is 47.4 Å². The molecule has 0 amide bonds. The lowest BCUT2D eigenvalue weighted by atomic mass is 9.94. The predicted octanol–water partition coefficient (Wildman–Crippen LogP) is 9.43. The summed E-state index contributed by atoms with van der Waals surface area (Å²) in [5, 5.41) is 0. The van der Waals surface area contributed by atoms with Crippen molar-refractivity contribution >= 4 is 27.5 Å². The van der Waals surface area contributed by atoms with Crippen LogP contribution in [0.15, 0.2) is 0 Å². The lowest BCUT2D eigenvalue weighted by Gasteiger charge is -2.45. The second-order valence-corrected chi connectivity index (χ2v) is 17.9. The first kappa shape index (κ1) is 47.9. The molecule has 0 aromatic carbocycles. The Bertz CT molecular complexity index is 1010. The Labute approximate surface area is 262 Å². The smallest absolute Gasteiger partial charge is 0.381 e. The van der Waals surface area contributed by atoms with Crippen LogP contribution in [0.1, 0.15) is 0 Å². The van der Waals surface area contributed by atoms with E-state index in [2.05, 4.69) is 4.43 Å². The van der Waals surface area contributed by atoms with Gasteiger partial charge in [0, 0.05) is 6.23 Å². The van der Waals surface area contributed by atoms with E-state index in [1.54, 1.807) is 0 Å². The summed E-state index contributed by atoms with van der Waals surface area (Å²) in [5.74, 6) is -78.0. The molecule has 0 bridgehead atoms. The minimum Gasteiger partial charge on any atom is -0.422 e. The molecule has 6 atom stereocenters. The highest BCUT2D eigenvalue weighted by Crippen LogP contribution is 2.61. The molecule has 0 aromatic rings. The molecule has 0 aliphatic rings. The molecule has 0 heterocycles. The van der Waals surface area contributed by atoms with E-state index in [1.807, 2.05) is 0 Å². The van der Waals surface area contributed by atoms with Gasteiger partial charge in [-0.2, -0.15) is 81.3 Å². The lowest BCUT2D eigenvalue weighted by molar-refractivity contribution is -0.386. The largest absolute Gasteiger partial charge is 0.422 e. The van der Waals surface area contributed by atoms with Gasteiger partial charge in [0.2, 0.25) is 12.3 Å². The SMILES string of the molecule is C[SiH](C)OC[Si](Cl)(C(F)C(F)(F)C(F)(F)C(F)(F)C(F)(F)C(F)C(F)C(F)F)C(F)C(F)(F)C(F)(F)C(F)(F)C(F)(F)C(F)C(F)C(F)F. The first-order valence-corrected chi connectivity index (χ1v) is 18.1. The van der Waals surface area contributed by atoms with Crippen LogP contribution in [0.2, 0.25) is 13.1 Å². The summed E-state index contributed by atoms with van der Waals surface area (Å²) in [6, 6.07) is 0. The molecule has 0 rings (SSSR count). The molecule has 0 aliphatic heterocycles. The topological polar surface area (TPSA) is 9.23 Å². The van der Waals surface area contributed by atoms with Crippen LogP contribution in [0.3, 0.4) is 0 Å². The van der Waals surface area contributed by atoms with Crippen LogP contribution in [0, 0.1) is 0 Å². The van der Waals surface area contributed by atoms with Crippen LogP contribution in [-0.2, 0) is 4.43 Å². The van der Waals surface area contributed by atoms with Crippen LogP contribution >= 0.6 is 11.1 Å².